The van der Waals surface area contributed by atoms with Crippen LogP contribution in [0.5, 0.6) is 0 Å². The number of benzene rings is 1. The fraction of sp³-hybridized carbons (Fsp3) is 0.538. The van der Waals surface area contributed by atoms with E-state index < -0.39 is 6.23 Å². The fourth-order valence-electron chi connectivity index (χ4n) is 2.21. The first kappa shape index (κ1) is 10.7. The van der Waals surface area contributed by atoms with Crippen molar-refractivity contribution in [1.82, 2.24) is 4.90 Å². The zero-order valence-corrected chi connectivity index (χ0v) is 9.53. The summed E-state index contributed by atoms with van der Waals surface area (Å²) in [4.78, 5) is 1.82. The van der Waals surface area contributed by atoms with Crippen molar-refractivity contribution in [3.8, 4) is 0 Å². The maximum atomic E-state index is 9.93. The smallest absolute Gasteiger partial charge is 0.133 e. The first-order valence-corrected chi connectivity index (χ1v) is 5.64. The zero-order chi connectivity index (χ0) is 10.8. The third-order valence-corrected chi connectivity index (χ3v) is 3.16. The Morgan fingerprint density at radius 1 is 1.13 bits per heavy atom. The van der Waals surface area contributed by atoms with Crippen molar-refractivity contribution in [3.63, 3.8) is 0 Å². The molecule has 0 aliphatic heterocycles. The lowest BCUT2D eigenvalue weighted by Gasteiger charge is -2.22. The van der Waals surface area contributed by atoms with Gasteiger partial charge in [0.2, 0.25) is 0 Å². The lowest BCUT2D eigenvalue weighted by molar-refractivity contribution is 0.0394. The van der Waals surface area contributed by atoms with E-state index in [2.05, 4.69) is 18.2 Å². The quantitative estimate of drug-likeness (QED) is 0.748. The molecular formula is C13H19NO. The molecule has 1 unspecified atom stereocenters. The van der Waals surface area contributed by atoms with Crippen LogP contribution in [-0.2, 0) is 12.8 Å². The third kappa shape index (κ3) is 2.21. The second-order valence-electron chi connectivity index (χ2n) is 4.57. The molecule has 1 aliphatic carbocycles. The molecule has 0 heterocycles. The Kier molecular flexibility index (Phi) is 3.08. The predicted molar refractivity (Wildman–Crippen MR) is 61.7 cm³/mol. The van der Waals surface area contributed by atoms with E-state index in [1.54, 1.807) is 0 Å². The number of aliphatic hydroxyl groups excluding tert-OH is 1. The monoisotopic (exact) mass is 205 g/mol. The van der Waals surface area contributed by atoms with Crippen molar-refractivity contribution in [2.24, 2.45) is 0 Å². The number of hydrogen-bond donors (Lipinski definition) is 1. The average molecular weight is 205 g/mol. The van der Waals surface area contributed by atoms with E-state index in [1.165, 1.54) is 36.8 Å². The van der Waals surface area contributed by atoms with Gasteiger partial charge in [-0.3, -0.25) is 4.90 Å². The van der Waals surface area contributed by atoms with Gasteiger partial charge in [0.15, 0.2) is 0 Å². The summed E-state index contributed by atoms with van der Waals surface area (Å²) in [6.45, 7) is 0. The summed E-state index contributed by atoms with van der Waals surface area (Å²) in [7, 11) is 3.79. The minimum Gasteiger partial charge on any atom is -0.374 e. The van der Waals surface area contributed by atoms with Crippen LogP contribution in [0.4, 0.5) is 0 Å². The van der Waals surface area contributed by atoms with Crippen molar-refractivity contribution in [2.45, 2.75) is 31.9 Å². The molecule has 82 valence electrons. The molecule has 1 atom stereocenters. The summed E-state index contributed by atoms with van der Waals surface area (Å²) in [6.07, 6.45) is 4.49. The molecule has 1 aromatic carbocycles. The molecule has 0 saturated heterocycles. The molecule has 0 spiro atoms. The van der Waals surface area contributed by atoms with Crippen molar-refractivity contribution in [2.75, 3.05) is 14.1 Å². The maximum absolute atomic E-state index is 9.93. The van der Waals surface area contributed by atoms with Crippen LogP contribution >= 0.6 is 0 Å². The summed E-state index contributed by atoms with van der Waals surface area (Å²) < 4.78 is 0. The highest BCUT2D eigenvalue weighted by Crippen LogP contribution is 2.25. The van der Waals surface area contributed by atoms with E-state index in [0.29, 0.717) is 0 Å². The average Bonchev–Trinajstić information content (AvgIpc) is 2.27. The maximum Gasteiger partial charge on any atom is 0.133 e. The van der Waals surface area contributed by atoms with Gasteiger partial charge < -0.3 is 5.11 Å². The Labute approximate surface area is 91.5 Å². The number of hydrogen-bond acceptors (Lipinski definition) is 2. The van der Waals surface area contributed by atoms with Gasteiger partial charge in [-0.2, -0.15) is 0 Å². The SMILES string of the molecule is CN(C)C(O)c1ccc2c(c1)CCCC2. The van der Waals surface area contributed by atoms with Crippen molar-refractivity contribution in [1.29, 1.82) is 0 Å². The lowest BCUT2D eigenvalue weighted by Crippen LogP contribution is -2.19. The molecule has 1 aromatic rings. The number of rotatable bonds is 2. The van der Waals surface area contributed by atoms with Crippen LogP contribution in [-0.4, -0.2) is 24.1 Å². The van der Waals surface area contributed by atoms with Gasteiger partial charge in [-0.05, 0) is 56.5 Å². The molecule has 15 heavy (non-hydrogen) atoms. The Bertz CT molecular complexity index is 346. The Morgan fingerprint density at radius 2 is 1.80 bits per heavy atom. The number of fused-ring (bicyclic) bond motifs is 1. The fourth-order valence-corrected chi connectivity index (χ4v) is 2.21. The molecule has 0 saturated carbocycles. The van der Waals surface area contributed by atoms with E-state index in [-0.39, 0.29) is 0 Å². The van der Waals surface area contributed by atoms with Gasteiger partial charge in [0.25, 0.3) is 0 Å². The summed E-state index contributed by atoms with van der Waals surface area (Å²) >= 11 is 0. The van der Waals surface area contributed by atoms with Crippen LogP contribution in [0.2, 0.25) is 0 Å². The van der Waals surface area contributed by atoms with Gasteiger partial charge in [-0.15, -0.1) is 0 Å². The molecule has 0 radical (unpaired) electrons. The molecule has 0 aromatic heterocycles. The molecule has 2 heteroatoms. The molecule has 1 aliphatic rings. The van der Waals surface area contributed by atoms with E-state index in [4.69, 9.17) is 0 Å². The van der Waals surface area contributed by atoms with Crippen LogP contribution in [0.3, 0.4) is 0 Å². The van der Waals surface area contributed by atoms with Gasteiger partial charge in [0, 0.05) is 0 Å². The van der Waals surface area contributed by atoms with Gasteiger partial charge >= 0.3 is 0 Å². The van der Waals surface area contributed by atoms with Crippen LogP contribution in [0.1, 0.15) is 35.8 Å². The standard InChI is InChI=1S/C13H19NO/c1-14(2)13(15)12-8-7-10-5-3-4-6-11(10)9-12/h7-9,13,15H,3-6H2,1-2H3. The van der Waals surface area contributed by atoms with E-state index >= 15 is 0 Å². The lowest BCUT2D eigenvalue weighted by atomic mass is 9.90. The van der Waals surface area contributed by atoms with Crippen LogP contribution in [0.15, 0.2) is 18.2 Å². The van der Waals surface area contributed by atoms with Gasteiger partial charge in [-0.25, -0.2) is 0 Å². The highest BCUT2D eigenvalue weighted by Gasteiger charge is 2.14. The zero-order valence-electron chi connectivity index (χ0n) is 9.53. The number of aryl methyl sites for hydroxylation is 2. The van der Waals surface area contributed by atoms with E-state index in [1.807, 2.05) is 19.0 Å². The summed E-state index contributed by atoms with van der Waals surface area (Å²) in [5, 5.41) is 9.93. The predicted octanol–water partition coefficient (Wildman–Crippen LogP) is 2.12. The van der Waals surface area contributed by atoms with Crippen molar-refractivity contribution in [3.05, 3.63) is 34.9 Å². The largest absolute Gasteiger partial charge is 0.374 e. The molecule has 1 N–H and O–H groups in total. The topological polar surface area (TPSA) is 23.5 Å². The second kappa shape index (κ2) is 4.33. The molecular weight excluding hydrogens is 186 g/mol. The second-order valence-corrected chi connectivity index (χ2v) is 4.57. The molecule has 0 amide bonds. The van der Waals surface area contributed by atoms with Crippen LogP contribution in [0.25, 0.3) is 0 Å². The molecule has 0 fully saturated rings. The number of aliphatic hydroxyl groups is 1. The molecule has 0 bridgehead atoms. The Balaban J connectivity index is 2.27. The van der Waals surface area contributed by atoms with E-state index in [0.717, 1.165) is 5.56 Å². The van der Waals surface area contributed by atoms with Crippen molar-refractivity contribution >= 4 is 0 Å². The van der Waals surface area contributed by atoms with Gasteiger partial charge in [0.05, 0.1) is 0 Å². The highest BCUT2D eigenvalue weighted by atomic mass is 16.3. The first-order valence-electron chi connectivity index (χ1n) is 5.64. The van der Waals surface area contributed by atoms with Gasteiger partial charge in [0.1, 0.15) is 6.23 Å². The summed E-state index contributed by atoms with van der Waals surface area (Å²) in [6, 6.07) is 6.39. The summed E-state index contributed by atoms with van der Waals surface area (Å²) in [5.41, 5.74) is 3.91. The molecule has 2 nitrogen and oxygen atoms in total. The van der Waals surface area contributed by atoms with Gasteiger partial charge in [-0.1, -0.05) is 18.2 Å². The summed E-state index contributed by atoms with van der Waals surface area (Å²) in [5.74, 6) is 0. The third-order valence-electron chi connectivity index (χ3n) is 3.16. The number of nitrogens with zero attached hydrogens (tertiary/aromatic N) is 1. The minimum absolute atomic E-state index is 0.475. The first-order chi connectivity index (χ1) is 7.18. The normalized spacial score (nSPS) is 17.6. The highest BCUT2D eigenvalue weighted by molar-refractivity contribution is 5.34. The van der Waals surface area contributed by atoms with Crippen LogP contribution in [0, 0.1) is 0 Å². The molecule has 2 rings (SSSR count). The Morgan fingerprint density at radius 3 is 2.47 bits per heavy atom. The van der Waals surface area contributed by atoms with Crippen molar-refractivity contribution < 1.29 is 5.11 Å². The van der Waals surface area contributed by atoms with Crippen LogP contribution < -0.4 is 0 Å². The Hall–Kier alpha value is -0.860. The minimum atomic E-state index is -0.475. The van der Waals surface area contributed by atoms with E-state index in [9.17, 15) is 5.11 Å².